The van der Waals surface area contributed by atoms with Crippen LogP contribution in [0.15, 0.2) is 57.9 Å². The largest absolute Gasteiger partial charge is 0.326 e. The number of carbonyl (C=O) groups is 1. The molecule has 1 atom stereocenters. The molecular formula is C18H18BrFN2O3S. The Labute approximate surface area is 160 Å². The van der Waals surface area contributed by atoms with Gasteiger partial charge in [0, 0.05) is 23.2 Å². The molecule has 26 heavy (non-hydrogen) atoms. The quantitative estimate of drug-likeness (QED) is 0.788. The van der Waals surface area contributed by atoms with E-state index in [1.54, 1.807) is 24.3 Å². The number of nitrogens with one attached hydrogen (secondary N) is 1. The molecule has 1 fully saturated rings. The van der Waals surface area contributed by atoms with E-state index in [4.69, 9.17) is 0 Å². The molecule has 0 unspecified atom stereocenters. The molecule has 1 N–H and O–H groups in total. The van der Waals surface area contributed by atoms with Gasteiger partial charge < -0.3 is 5.32 Å². The number of sulfonamides is 1. The average molecular weight is 441 g/mol. The van der Waals surface area contributed by atoms with Crippen molar-refractivity contribution in [2.24, 2.45) is 5.92 Å². The van der Waals surface area contributed by atoms with E-state index in [1.165, 1.54) is 28.6 Å². The zero-order valence-corrected chi connectivity index (χ0v) is 16.3. The van der Waals surface area contributed by atoms with Gasteiger partial charge >= 0.3 is 0 Å². The number of hydrogen-bond acceptors (Lipinski definition) is 3. The second-order valence-electron chi connectivity index (χ2n) is 6.15. The lowest BCUT2D eigenvalue weighted by atomic mass is 9.99. The molecule has 0 aromatic heterocycles. The third kappa shape index (κ3) is 4.31. The van der Waals surface area contributed by atoms with E-state index in [2.05, 4.69) is 21.2 Å². The molecule has 8 heteroatoms. The smallest absolute Gasteiger partial charge is 0.243 e. The van der Waals surface area contributed by atoms with Crippen molar-refractivity contribution in [3.05, 3.63) is 58.8 Å². The van der Waals surface area contributed by atoms with Crippen LogP contribution in [0.2, 0.25) is 0 Å². The molecule has 2 aromatic rings. The summed E-state index contributed by atoms with van der Waals surface area (Å²) >= 11 is 3.29. The zero-order chi connectivity index (χ0) is 18.7. The number of nitrogens with zero attached hydrogens (tertiary/aromatic N) is 1. The van der Waals surface area contributed by atoms with E-state index >= 15 is 0 Å². The summed E-state index contributed by atoms with van der Waals surface area (Å²) in [6.07, 6.45) is 1.22. The second-order valence-corrected chi connectivity index (χ2v) is 9.01. The number of hydrogen-bond donors (Lipinski definition) is 1. The lowest BCUT2D eigenvalue weighted by Gasteiger charge is -2.31. The van der Waals surface area contributed by atoms with Crippen molar-refractivity contribution >= 4 is 37.5 Å². The van der Waals surface area contributed by atoms with E-state index in [9.17, 15) is 17.6 Å². The van der Waals surface area contributed by atoms with Gasteiger partial charge in [-0.3, -0.25) is 4.79 Å². The number of piperidine rings is 1. The van der Waals surface area contributed by atoms with Crippen LogP contribution < -0.4 is 5.32 Å². The van der Waals surface area contributed by atoms with Gasteiger partial charge in [-0.25, -0.2) is 12.8 Å². The molecule has 1 aliphatic heterocycles. The molecule has 2 aromatic carbocycles. The molecule has 138 valence electrons. The molecule has 5 nitrogen and oxygen atoms in total. The first-order valence-electron chi connectivity index (χ1n) is 8.18. The fourth-order valence-corrected chi connectivity index (χ4v) is 4.70. The zero-order valence-electron chi connectivity index (χ0n) is 13.9. The number of benzene rings is 2. The third-order valence-corrected chi connectivity index (χ3v) is 6.73. The van der Waals surface area contributed by atoms with Crippen LogP contribution in [0.4, 0.5) is 10.1 Å². The summed E-state index contributed by atoms with van der Waals surface area (Å²) in [4.78, 5) is 12.7. The Morgan fingerprint density at radius 2 is 1.77 bits per heavy atom. The van der Waals surface area contributed by atoms with E-state index in [0.29, 0.717) is 25.1 Å². The summed E-state index contributed by atoms with van der Waals surface area (Å²) in [7, 11) is -3.64. The summed E-state index contributed by atoms with van der Waals surface area (Å²) in [5.74, 6) is -1.08. The minimum Gasteiger partial charge on any atom is -0.326 e. The summed E-state index contributed by atoms with van der Waals surface area (Å²) in [6, 6.07) is 11.9. The SMILES string of the molecule is O=C(Nc1ccc(F)cc1)[C@@H]1CCCN(S(=O)(=O)c2ccc(Br)cc2)C1. The molecule has 1 amide bonds. The van der Waals surface area contributed by atoms with Gasteiger partial charge in [0.2, 0.25) is 15.9 Å². The molecule has 0 saturated carbocycles. The Morgan fingerprint density at radius 3 is 2.42 bits per heavy atom. The summed E-state index contributed by atoms with van der Waals surface area (Å²) in [5.41, 5.74) is 0.490. The topological polar surface area (TPSA) is 66.5 Å². The minimum absolute atomic E-state index is 0.130. The van der Waals surface area contributed by atoms with Gasteiger partial charge in [-0.2, -0.15) is 4.31 Å². The van der Waals surface area contributed by atoms with Gasteiger partial charge in [-0.1, -0.05) is 15.9 Å². The van der Waals surface area contributed by atoms with Gasteiger partial charge in [-0.15, -0.1) is 0 Å². The molecule has 0 bridgehead atoms. The Kier molecular flexibility index (Phi) is 5.74. The molecule has 0 spiro atoms. The van der Waals surface area contributed by atoms with Crippen molar-refractivity contribution in [3.63, 3.8) is 0 Å². The van der Waals surface area contributed by atoms with Crippen LogP contribution >= 0.6 is 15.9 Å². The molecule has 1 saturated heterocycles. The molecule has 0 aliphatic carbocycles. The predicted octanol–water partition coefficient (Wildman–Crippen LogP) is 3.63. The first-order chi connectivity index (χ1) is 12.4. The van der Waals surface area contributed by atoms with Crippen LogP contribution in [0, 0.1) is 11.7 Å². The number of carbonyl (C=O) groups excluding carboxylic acids is 1. The van der Waals surface area contributed by atoms with Crippen LogP contribution in [0.1, 0.15) is 12.8 Å². The number of halogens is 2. The van der Waals surface area contributed by atoms with E-state index < -0.39 is 15.9 Å². The average Bonchev–Trinajstić information content (AvgIpc) is 2.64. The van der Waals surface area contributed by atoms with Crippen molar-refractivity contribution in [1.82, 2.24) is 4.31 Å². The Balaban J connectivity index is 1.71. The lowest BCUT2D eigenvalue weighted by molar-refractivity contribution is -0.120. The third-order valence-electron chi connectivity index (χ3n) is 4.32. The van der Waals surface area contributed by atoms with Crippen LogP contribution in [0.3, 0.4) is 0 Å². The predicted molar refractivity (Wildman–Crippen MR) is 101 cm³/mol. The monoisotopic (exact) mass is 440 g/mol. The standard InChI is InChI=1S/C18H18BrFN2O3S/c19-14-3-9-17(10-4-14)26(24,25)22-11-1-2-13(12-22)18(23)21-16-7-5-15(20)6-8-16/h3-10,13H,1-2,11-12H2,(H,21,23)/t13-/m1/s1. The van der Waals surface area contributed by atoms with Crippen LogP contribution in [-0.4, -0.2) is 31.7 Å². The van der Waals surface area contributed by atoms with Gasteiger partial charge in [0.1, 0.15) is 5.82 Å². The van der Waals surface area contributed by atoms with Crippen molar-refractivity contribution in [2.75, 3.05) is 18.4 Å². The Bertz CT molecular complexity index is 886. The van der Waals surface area contributed by atoms with Crippen molar-refractivity contribution in [2.45, 2.75) is 17.7 Å². The van der Waals surface area contributed by atoms with Crippen molar-refractivity contribution < 1.29 is 17.6 Å². The van der Waals surface area contributed by atoms with E-state index in [-0.39, 0.29) is 23.2 Å². The van der Waals surface area contributed by atoms with Gasteiger partial charge in [-0.05, 0) is 61.4 Å². The van der Waals surface area contributed by atoms with Gasteiger partial charge in [0.15, 0.2) is 0 Å². The highest BCUT2D eigenvalue weighted by molar-refractivity contribution is 9.10. The Morgan fingerprint density at radius 1 is 1.12 bits per heavy atom. The van der Waals surface area contributed by atoms with E-state index in [0.717, 1.165) is 4.47 Å². The van der Waals surface area contributed by atoms with E-state index in [1.807, 2.05) is 0 Å². The summed E-state index contributed by atoms with van der Waals surface area (Å²) < 4.78 is 40.7. The molecule has 1 aliphatic rings. The minimum atomic E-state index is -3.64. The molecule has 1 heterocycles. The fraction of sp³-hybridized carbons (Fsp3) is 0.278. The van der Waals surface area contributed by atoms with Crippen LogP contribution in [-0.2, 0) is 14.8 Å². The second kappa shape index (κ2) is 7.85. The maximum absolute atomic E-state index is 13.0. The van der Waals surface area contributed by atoms with Crippen molar-refractivity contribution in [1.29, 1.82) is 0 Å². The summed E-state index contributed by atoms with van der Waals surface area (Å²) in [5, 5.41) is 2.72. The molecular weight excluding hydrogens is 423 g/mol. The summed E-state index contributed by atoms with van der Waals surface area (Å²) in [6.45, 7) is 0.518. The van der Waals surface area contributed by atoms with Crippen LogP contribution in [0.25, 0.3) is 0 Å². The lowest BCUT2D eigenvalue weighted by Crippen LogP contribution is -2.43. The Hall–Kier alpha value is -1.77. The first kappa shape index (κ1) is 19.0. The maximum Gasteiger partial charge on any atom is 0.243 e. The molecule has 0 radical (unpaired) electrons. The number of rotatable bonds is 4. The highest BCUT2D eigenvalue weighted by Crippen LogP contribution is 2.25. The highest BCUT2D eigenvalue weighted by atomic mass is 79.9. The maximum atomic E-state index is 13.0. The highest BCUT2D eigenvalue weighted by Gasteiger charge is 2.33. The fourth-order valence-electron chi connectivity index (χ4n) is 2.91. The van der Waals surface area contributed by atoms with Crippen molar-refractivity contribution in [3.8, 4) is 0 Å². The molecule has 3 rings (SSSR count). The first-order valence-corrected chi connectivity index (χ1v) is 10.4. The van der Waals surface area contributed by atoms with Gasteiger partial charge in [0.05, 0.1) is 10.8 Å². The van der Waals surface area contributed by atoms with Crippen LogP contribution in [0.5, 0.6) is 0 Å². The number of anilines is 1. The number of amides is 1. The van der Waals surface area contributed by atoms with Gasteiger partial charge in [0.25, 0.3) is 0 Å². The normalized spacial score (nSPS) is 18.5.